The van der Waals surface area contributed by atoms with E-state index in [1.54, 1.807) is 0 Å². The third kappa shape index (κ3) is 5.17. The maximum Gasteiger partial charge on any atom is 0.251 e. The molecule has 1 N–H and O–H groups in total. The average molecular weight is 411 g/mol. The van der Waals surface area contributed by atoms with Gasteiger partial charge >= 0.3 is 0 Å². The lowest BCUT2D eigenvalue weighted by molar-refractivity contribution is 0.0945. The fourth-order valence-electron chi connectivity index (χ4n) is 3.49. The molecule has 3 aromatic rings. The summed E-state index contributed by atoms with van der Waals surface area (Å²) in [4.78, 5) is 19.2. The number of anilines is 1. The average Bonchev–Trinajstić information content (AvgIpc) is 3.22. The SMILES string of the molecule is O=C(NCC1CCN(c2nc(Cc3ccccc3)ns2)CC1)c1ccc(F)cc1. The van der Waals surface area contributed by atoms with Crippen molar-refractivity contribution in [1.29, 1.82) is 0 Å². The van der Waals surface area contributed by atoms with Gasteiger partial charge in [0.2, 0.25) is 5.13 Å². The van der Waals surface area contributed by atoms with Gasteiger partial charge in [0, 0.05) is 43.2 Å². The summed E-state index contributed by atoms with van der Waals surface area (Å²) in [6.07, 6.45) is 2.75. The number of amides is 1. The van der Waals surface area contributed by atoms with Crippen LogP contribution in [0, 0.1) is 11.7 Å². The zero-order valence-corrected chi connectivity index (χ0v) is 16.9. The summed E-state index contributed by atoms with van der Waals surface area (Å²) >= 11 is 1.46. The first-order valence-corrected chi connectivity index (χ1v) is 10.6. The van der Waals surface area contributed by atoms with Crippen LogP contribution in [-0.2, 0) is 6.42 Å². The first-order valence-electron chi connectivity index (χ1n) is 9.82. The normalized spacial score (nSPS) is 14.7. The zero-order valence-electron chi connectivity index (χ0n) is 16.1. The monoisotopic (exact) mass is 410 g/mol. The molecular weight excluding hydrogens is 387 g/mol. The van der Waals surface area contributed by atoms with Crippen molar-refractivity contribution in [3.8, 4) is 0 Å². The number of hydrogen-bond donors (Lipinski definition) is 1. The molecule has 0 atom stereocenters. The molecule has 1 aromatic heterocycles. The number of aromatic nitrogens is 2. The van der Waals surface area contributed by atoms with Crippen molar-refractivity contribution >= 4 is 22.6 Å². The van der Waals surface area contributed by atoms with Gasteiger partial charge in [-0.05, 0) is 48.6 Å². The third-order valence-corrected chi connectivity index (χ3v) is 6.02. The summed E-state index contributed by atoms with van der Waals surface area (Å²) in [6.45, 7) is 2.47. The van der Waals surface area contributed by atoms with Crippen molar-refractivity contribution in [2.45, 2.75) is 19.3 Å². The van der Waals surface area contributed by atoms with Gasteiger partial charge in [-0.15, -0.1) is 0 Å². The molecule has 1 fully saturated rings. The molecule has 2 heterocycles. The number of nitrogens with one attached hydrogen (secondary N) is 1. The van der Waals surface area contributed by atoms with Crippen LogP contribution >= 0.6 is 11.5 Å². The Hall–Kier alpha value is -2.80. The number of nitrogens with zero attached hydrogens (tertiary/aromatic N) is 3. The summed E-state index contributed by atoms with van der Waals surface area (Å²) in [6, 6.07) is 15.9. The number of rotatable bonds is 6. The summed E-state index contributed by atoms with van der Waals surface area (Å²) in [7, 11) is 0. The first kappa shape index (κ1) is 19.5. The second-order valence-electron chi connectivity index (χ2n) is 7.30. The Kier molecular flexibility index (Phi) is 6.14. The van der Waals surface area contributed by atoms with Gasteiger partial charge in [-0.2, -0.15) is 4.37 Å². The maximum absolute atomic E-state index is 13.0. The van der Waals surface area contributed by atoms with Gasteiger partial charge in [-0.1, -0.05) is 30.3 Å². The van der Waals surface area contributed by atoms with E-state index in [0.717, 1.165) is 43.3 Å². The fourth-order valence-corrected chi connectivity index (χ4v) is 4.23. The van der Waals surface area contributed by atoms with Gasteiger partial charge in [0.1, 0.15) is 11.6 Å². The van der Waals surface area contributed by atoms with Crippen LogP contribution in [0.5, 0.6) is 0 Å². The lowest BCUT2D eigenvalue weighted by atomic mass is 9.97. The summed E-state index contributed by atoms with van der Waals surface area (Å²) in [5, 5.41) is 3.95. The van der Waals surface area contributed by atoms with E-state index in [0.29, 0.717) is 18.0 Å². The first-order chi connectivity index (χ1) is 14.2. The fraction of sp³-hybridized carbons (Fsp3) is 0.318. The largest absolute Gasteiger partial charge is 0.352 e. The van der Waals surface area contributed by atoms with Crippen molar-refractivity contribution in [2.75, 3.05) is 24.5 Å². The highest BCUT2D eigenvalue weighted by Crippen LogP contribution is 2.25. The van der Waals surface area contributed by atoms with Crippen LogP contribution in [0.3, 0.4) is 0 Å². The number of hydrogen-bond acceptors (Lipinski definition) is 5. The van der Waals surface area contributed by atoms with Crippen LogP contribution in [0.25, 0.3) is 0 Å². The van der Waals surface area contributed by atoms with Crippen LogP contribution in [0.2, 0.25) is 0 Å². The Morgan fingerprint density at radius 3 is 2.55 bits per heavy atom. The van der Waals surface area contributed by atoms with E-state index in [4.69, 9.17) is 4.98 Å². The maximum atomic E-state index is 13.0. The predicted molar refractivity (Wildman–Crippen MR) is 113 cm³/mol. The van der Waals surface area contributed by atoms with E-state index in [-0.39, 0.29) is 11.7 Å². The molecule has 0 spiro atoms. The van der Waals surface area contributed by atoms with E-state index in [1.165, 1.54) is 41.4 Å². The zero-order chi connectivity index (χ0) is 20.1. The highest BCUT2D eigenvalue weighted by Gasteiger charge is 2.22. The van der Waals surface area contributed by atoms with E-state index in [9.17, 15) is 9.18 Å². The Balaban J connectivity index is 1.24. The van der Waals surface area contributed by atoms with Crippen molar-refractivity contribution < 1.29 is 9.18 Å². The van der Waals surface area contributed by atoms with Crippen LogP contribution in [0.15, 0.2) is 54.6 Å². The van der Waals surface area contributed by atoms with Crippen molar-refractivity contribution in [3.05, 3.63) is 77.4 Å². The van der Waals surface area contributed by atoms with E-state index < -0.39 is 0 Å². The molecule has 5 nitrogen and oxygen atoms in total. The minimum Gasteiger partial charge on any atom is -0.352 e. The van der Waals surface area contributed by atoms with Crippen molar-refractivity contribution in [1.82, 2.24) is 14.7 Å². The Bertz CT molecular complexity index is 937. The van der Waals surface area contributed by atoms with Gasteiger partial charge in [0.15, 0.2) is 0 Å². The molecular formula is C22H23FN4OS. The van der Waals surface area contributed by atoms with Crippen LogP contribution in [0.1, 0.15) is 34.6 Å². The summed E-state index contributed by atoms with van der Waals surface area (Å²) in [5.74, 6) is 0.817. The number of carbonyl (C=O) groups excluding carboxylic acids is 1. The second kappa shape index (κ2) is 9.13. The molecule has 0 radical (unpaired) electrons. The molecule has 0 unspecified atom stereocenters. The molecule has 150 valence electrons. The minimum absolute atomic E-state index is 0.151. The number of benzene rings is 2. The number of piperidine rings is 1. The van der Waals surface area contributed by atoms with Crippen LogP contribution < -0.4 is 10.2 Å². The highest BCUT2D eigenvalue weighted by molar-refractivity contribution is 7.09. The van der Waals surface area contributed by atoms with Crippen molar-refractivity contribution in [3.63, 3.8) is 0 Å². The molecule has 0 aliphatic carbocycles. The molecule has 2 aromatic carbocycles. The second-order valence-corrected chi connectivity index (χ2v) is 8.03. The molecule has 1 aliphatic rings. The Morgan fingerprint density at radius 1 is 1.10 bits per heavy atom. The van der Waals surface area contributed by atoms with Gasteiger partial charge < -0.3 is 10.2 Å². The third-order valence-electron chi connectivity index (χ3n) is 5.21. The van der Waals surface area contributed by atoms with E-state index in [2.05, 4.69) is 26.7 Å². The molecule has 1 amide bonds. The van der Waals surface area contributed by atoms with Gasteiger partial charge in [-0.25, -0.2) is 9.37 Å². The lowest BCUT2D eigenvalue weighted by Crippen LogP contribution is -2.38. The Labute approximate surface area is 173 Å². The number of halogens is 1. The molecule has 1 saturated heterocycles. The van der Waals surface area contributed by atoms with Gasteiger partial charge in [0.05, 0.1) is 0 Å². The molecule has 0 bridgehead atoms. The quantitative estimate of drug-likeness (QED) is 0.669. The molecule has 7 heteroatoms. The number of carbonyl (C=O) groups is 1. The van der Waals surface area contributed by atoms with E-state index in [1.807, 2.05) is 18.2 Å². The van der Waals surface area contributed by atoms with Crippen LogP contribution in [0.4, 0.5) is 9.52 Å². The van der Waals surface area contributed by atoms with E-state index >= 15 is 0 Å². The standard InChI is InChI=1S/C22H23FN4OS/c23-19-8-6-18(7-9-19)21(28)24-15-17-10-12-27(13-11-17)22-25-20(26-29-22)14-16-4-2-1-3-5-16/h1-9,17H,10-15H2,(H,24,28). The van der Waals surface area contributed by atoms with Gasteiger partial charge in [-0.3, -0.25) is 4.79 Å². The molecule has 1 aliphatic heterocycles. The smallest absolute Gasteiger partial charge is 0.251 e. The minimum atomic E-state index is -0.336. The molecule has 4 rings (SSSR count). The molecule has 29 heavy (non-hydrogen) atoms. The predicted octanol–water partition coefficient (Wildman–Crippen LogP) is 3.91. The van der Waals surface area contributed by atoms with Crippen LogP contribution in [-0.4, -0.2) is 34.9 Å². The lowest BCUT2D eigenvalue weighted by Gasteiger charge is -2.31. The topological polar surface area (TPSA) is 58.1 Å². The van der Waals surface area contributed by atoms with Gasteiger partial charge in [0.25, 0.3) is 5.91 Å². The summed E-state index contributed by atoms with van der Waals surface area (Å²) < 4.78 is 17.5. The van der Waals surface area contributed by atoms with Crippen molar-refractivity contribution in [2.24, 2.45) is 5.92 Å². The Morgan fingerprint density at radius 2 is 1.83 bits per heavy atom. The molecule has 0 saturated carbocycles. The summed E-state index contributed by atoms with van der Waals surface area (Å²) in [5.41, 5.74) is 1.70. The highest BCUT2D eigenvalue weighted by atomic mass is 32.1.